The summed E-state index contributed by atoms with van der Waals surface area (Å²) in [5.74, 6) is 0.00923. The van der Waals surface area contributed by atoms with E-state index in [4.69, 9.17) is 0 Å². The molecule has 1 N–H and O–H groups in total. The number of anilines is 1. The fourth-order valence-corrected chi connectivity index (χ4v) is 1.78. The first-order valence-corrected chi connectivity index (χ1v) is 5.31. The molecule has 0 radical (unpaired) electrons. The minimum atomic E-state index is -0.101. The van der Waals surface area contributed by atoms with Crippen LogP contribution in [0.5, 0.6) is 0 Å². The highest BCUT2D eigenvalue weighted by atomic mass is 16.2. The molecule has 0 fully saturated rings. The molecule has 1 aliphatic rings. The van der Waals surface area contributed by atoms with Crippen molar-refractivity contribution < 1.29 is 9.59 Å². The van der Waals surface area contributed by atoms with Crippen LogP contribution in [0.2, 0.25) is 0 Å². The van der Waals surface area contributed by atoms with E-state index in [-0.39, 0.29) is 11.8 Å². The first-order valence-electron chi connectivity index (χ1n) is 5.31. The molecule has 0 aromatic heterocycles. The predicted octanol–water partition coefficient (Wildman–Crippen LogP) is 2.26. The van der Waals surface area contributed by atoms with Gasteiger partial charge in [-0.05, 0) is 25.5 Å². The smallest absolute Gasteiger partial charge is 0.320 e. The van der Waals surface area contributed by atoms with Gasteiger partial charge in [0.25, 0.3) is 0 Å². The van der Waals surface area contributed by atoms with Crippen LogP contribution in [-0.2, 0) is 6.54 Å². The molecule has 0 aliphatic carbocycles. The SMILES string of the molecule is CCN1Cc2ccc(C(C)=O)cc2NC1=O. The highest BCUT2D eigenvalue weighted by Crippen LogP contribution is 2.24. The van der Waals surface area contributed by atoms with Crippen molar-refractivity contribution in [3.05, 3.63) is 29.3 Å². The summed E-state index contributed by atoms with van der Waals surface area (Å²) in [6.45, 7) is 4.74. The van der Waals surface area contributed by atoms with E-state index in [1.807, 2.05) is 13.0 Å². The standard InChI is InChI=1S/C12H14N2O2/c1-3-14-7-10-5-4-9(8(2)15)6-11(10)13-12(14)16/h4-6H,3,7H2,1-2H3,(H,13,16). The number of ketones is 1. The number of urea groups is 1. The largest absolute Gasteiger partial charge is 0.322 e. The number of rotatable bonds is 2. The Hall–Kier alpha value is -1.84. The third-order valence-electron chi connectivity index (χ3n) is 2.79. The van der Waals surface area contributed by atoms with Gasteiger partial charge in [-0.1, -0.05) is 12.1 Å². The lowest BCUT2D eigenvalue weighted by atomic mass is 10.0. The molecule has 1 aromatic carbocycles. The maximum Gasteiger partial charge on any atom is 0.322 e. The Morgan fingerprint density at radius 2 is 2.25 bits per heavy atom. The summed E-state index contributed by atoms with van der Waals surface area (Å²) >= 11 is 0. The molecule has 0 saturated heterocycles. The van der Waals surface area contributed by atoms with E-state index in [0.717, 1.165) is 11.3 Å². The second-order valence-corrected chi connectivity index (χ2v) is 3.87. The van der Waals surface area contributed by atoms with Crippen LogP contribution < -0.4 is 5.32 Å². The lowest BCUT2D eigenvalue weighted by molar-refractivity contribution is 0.101. The van der Waals surface area contributed by atoms with Crippen molar-refractivity contribution in [3.63, 3.8) is 0 Å². The lowest BCUT2D eigenvalue weighted by Crippen LogP contribution is -2.38. The van der Waals surface area contributed by atoms with Gasteiger partial charge in [-0.25, -0.2) is 4.79 Å². The van der Waals surface area contributed by atoms with Crippen LogP contribution in [0, 0.1) is 0 Å². The van der Waals surface area contributed by atoms with Crippen LogP contribution in [-0.4, -0.2) is 23.3 Å². The van der Waals surface area contributed by atoms with Crippen molar-refractivity contribution in [1.82, 2.24) is 4.90 Å². The average Bonchev–Trinajstić information content (AvgIpc) is 2.27. The minimum Gasteiger partial charge on any atom is -0.320 e. The monoisotopic (exact) mass is 218 g/mol. The zero-order valence-corrected chi connectivity index (χ0v) is 9.41. The molecule has 4 nitrogen and oxygen atoms in total. The van der Waals surface area contributed by atoms with Gasteiger partial charge in [0.05, 0.1) is 0 Å². The van der Waals surface area contributed by atoms with E-state index < -0.39 is 0 Å². The summed E-state index contributed by atoms with van der Waals surface area (Å²) in [5, 5.41) is 2.79. The van der Waals surface area contributed by atoms with Crippen molar-refractivity contribution in [3.8, 4) is 0 Å². The van der Waals surface area contributed by atoms with Crippen LogP contribution >= 0.6 is 0 Å². The number of nitrogens with zero attached hydrogens (tertiary/aromatic N) is 1. The molecule has 0 saturated carbocycles. The van der Waals surface area contributed by atoms with E-state index in [9.17, 15) is 9.59 Å². The van der Waals surface area contributed by atoms with Crippen molar-refractivity contribution in [2.24, 2.45) is 0 Å². The fraction of sp³-hybridized carbons (Fsp3) is 0.333. The van der Waals surface area contributed by atoms with Crippen LogP contribution in [0.1, 0.15) is 29.8 Å². The number of benzene rings is 1. The molecule has 1 aliphatic heterocycles. The fourth-order valence-electron chi connectivity index (χ4n) is 1.78. The van der Waals surface area contributed by atoms with E-state index in [0.29, 0.717) is 18.7 Å². The Balaban J connectivity index is 2.36. The number of amides is 2. The molecule has 16 heavy (non-hydrogen) atoms. The summed E-state index contributed by atoms with van der Waals surface area (Å²) in [6.07, 6.45) is 0. The molecule has 1 heterocycles. The molecule has 84 valence electrons. The summed E-state index contributed by atoms with van der Waals surface area (Å²) in [6, 6.07) is 5.33. The summed E-state index contributed by atoms with van der Waals surface area (Å²) in [7, 11) is 0. The van der Waals surface area contributed by atoms with Gasteiger partial charge in [0, 0.05) is 24.3 Å². The van der Waals surface area contributed by atoms with Gasteiger partial charge in [0.1, 0.15) is 0 Å². The first kappa shape index (κ1) is 10.7. The molecular weight excluding hydrogens is 204 g/mol. The topological polar surface area (TPSA) is 49.4 Å². The van der Waals surface area contributed by atoms with Crippen molar-refractivity contribution in [2.45, 2.75) is 20.4 Å². The Labute approximate surface area is 94.2 Å². The van der Waals surface area contributed by atoms with Crippen molar-refractivity contribution in [2.75, 3.05) is 11.9 Å². The van der Waals surface area contributed by atoms with E-state index >= 15 is 0 Å². The Kier molecular flexibility index (Phi) is 2.64. The molecule has 0 spiro atoms. The summed E-state index contributed by atoms with van der Waals surface area (Å²) < 4.78 is 0. The maximum atomic E-state index is 11.6. The zero-order valence-electron chi connectivity index (χ0n) is 9.41. The van der Waals surface area contributed by atoms with E-state index in [2.05, 4.69) is 5.32 Å². The number of nitrogens with one attached hydrogen (secondary N) is 1. The number of Topliss-reactive ketones (excluding diaryl/α,β-unsaturated/α-hetero) is 1. The third-order valence-corrected chi connectivity index (χ3v) is 2.79. The molecule has 1 aromatic rings. The zero-order chi connectivity index (χ0) is 11.7. The van der Waals surface area contributed by atoms with Gasteiger partial charge >= 0.3 is 6.03 Å². The van der Waals surface area contributed by atoms with Crippen LogP contribution in [0.3, 0.4) is 0 Å². The maximum absolute atomic E-state index is 11.6. The molecule has 0 atom stereocenters. The van der Waals surface area contributed by atoms with Gasteiger partial charge in [0.15, 0.2) is 5.78 Å². The minimum absolute atomic E-state index is 0.00923. The Bertz CT molecular complexity index is 454. The third kappa shape index (κ3) is 1.78. The molecule has 2 rings (SSSR count). The van der Waals surface area contributed by atoms with Crippen LogP contribution in [0.15, 0.2) is 18.2 Å². The summed E-state index contributed by atoms with van der Waals surface area (Å²) in [5.41, 5.74) is 2.43. The molecule has 4 heteroatoms. The number of hydrogen-bond donors (Lipinski definition) is 1. The summed E-state index contributed by atoms with van der Waals surface area (Å²) in [4.78, 5) is 24.5. The van der Waals surface area contributed by atoms with Crippen molar-refractivity contribution in [1.29, 1.82) is 0 Å². The lowest BCUT2D eigenvalue weighted by Gasteiger charge is -2.28. The predicted molar refractivity (Wildman–Crippen MR) is 61.5 cm³/mol. The number of fused-ring (bicyclic) bond motifs is 1. The number of carbonyl (C=O) groups excluding carboxylic acids is 2. The van der Waals surface area contributed by atoms with Gasteiger partial charge in [-0.15, -0.1) is 0 Å². The second-order valence-electron chi connectivity index (χ2n) is 3.87. The quantitative estimate of drug-likeness (QED) is 0.774. The molecule has 2 amide bonds. The van der Waals surface area contributed by atoms with Gasteiger partial charge in [0.2, 0.25) is 0 Å². The van der Waals surface area contributed by atoms with E-state index in [1.54, 1.807) is 17.0 Å². The van der Waals surface area contributed by atoms with Crippen LogP contribution in [0.4, 0.5) is 10.5 Å². The van der Waals surface area contributed by atoms with Crippen molar-refractivity contribution >= 4 is 17.5 Å². The molecule has 0 bridgehead atoms. The molecule has 0 unspecified atom stereocenters. The highest BCUT2D eigenvalue weighted by Gasteiger charge is 2.21. The normalized spacial score (nSPS) is 14.4. The number of hydrogen-bond acceptors (Lipinski definition) is 2. The average molecular weight is 218 g/mol. The van der Waals surface area contributed by atoms with Gasteiger partial charge in [-0.3, -0.25) is 4.79 Å². The van der Waals surface area contributed by atoms with Crippen LogP contribution in [0.25, 0.3) is 0 Å². The molecular formula is C12H14N2O2. The van der Waals surface area contributed by atoms with Gasteiger partial charge in [-0.2, -0.15) is 0 Å². The number of carbonyl (C=O) groups is 2. The Morgan fingerprint density at radius 3 is 2.88 bits per heavy atom. The highest BCUT2D eigenvalue weighted by molar-refractivity contribution is 5.98. The Morgan fingerprint density at radius 1 is 1.50 bits per heavy atom. The van der Waals surface area contributed by atoms with Gasteiger partial charge < -0.3 is 10.2 Å². The van der Waals surface area contributed by atoms with E-state index in [1.165, 1.54) is 6.92 Å². The second kappa shape index (κ2) is 3.96. The first-order chi connectivity index (χ1) is 7.61.